The Morgan fingerprint density at radius 3 is 3.09 bits per heavy atom. The van der Waals surface area contributed by atoms with E-state index >= 15 is 0 Å². The lowest BCUT2D eigenvalue weighted by Crippen LogP contribution is -2.31. The molecule has 0 spiro atoms. The maximum absolute atomic E-state index is 12.5. The van der Waals surface area contributed by atoms with Gasteiger partial charge in [-0.15, -0.1) is 11.3 Å². The fraction of sp³-hybridized carbons (Fsp3) is 0.471. The molecule has 4 rings (SSSR count). The van der Waals surface area contributed by atoms with E-state index in [-0.39, 0.29) is 11.9 Å². The van der Waals surface area contributed by atoms with Crippen LogP contribution in [0.1, 0.15) is 38.6 Å². The predicted molar refractivity (Wildman–Crippen MR) is 91.0 cm³/mol. The predicted octanol–water partition coefficient (Wildman–Crippen LogP) is 2.66. The van der Waals surface area contributed by atoms with Crippen LogP contribution < -0.4 is 5.32 Å². The number of carbonyl (C=O) groups excluding carboxylic acids is 1. The molecule has 23 heavy (non-hydrogen) atoms. The van der Waals surface area contributed by atoms with Gasteiger partial charge in [0.2, 0.25) is 0 Å². The van der Waals surface area contributed by atoms with Crippen molar-refractivity contribution < 1.29 is 4.79 Å². The number of anilines is 1. The molecule has 1 aliphatic carbocycles. The van der Waals surface area contributed by atoms with Crippen molar-refractivity contribution in [2.45, 2.75) is 38.6 Å². The van der Waals surface area contributed by atoms with Crippen molar-refractivity contribution >= 4 is 23.1 Å². The number of nitrogens with one attached hydrogen (secondary N) is 1. The van der Waals surface area contributed by atoms with Crippen LogP contribution in [0.2, 0.25) is 0 Å². The second-order valence-electron chi connectivity index (χ2n) is 6.29. The van der Waals surface area contributed by atoms with Gasteiger partial charge >= 0.3 is 0 Å². The number of thiophene rings is 1. The topological polar surface area (TPSA) is 58.1 Å². The van der Waals surface area contributed by atoms with Gasteiger partial charge in [-0.2, -0.15) is 0 Å². The van der Waals surface area contributed by atoms with Gasteiger partial charge in [-0.1, -0.05) is 0 Å². The summed E-state index contributed by atoms with van der Waals surface area (Å²) in [6.07, 6.45) is 5.89. The van der Waals surface area contributed by atoms with Gasteiger partial charge in [0.15, 0.2) is 0 Å². The number of amides is 1. The number of hydrogen-bond donors (Lipinski definition) is 1. The van der Waals surface area contributed by atoms with Gasteiger partial charge in [0.05, 0.1) is 4.88 Å². The lowest BCUT2D eigenvalue weighted by atomic mass is 10.2. The minimum atomic E-state index is 0.153. The molecule has 6 heteroatoms. The number of likely N-dealkylation sites (tertiary alicyclic amines) is 1. The first-order valence-corrected chi connectivity index (χ1v) is 8.97. The minimum Gasteiger partial charge on any atom is -0.365 e. The van der Waals surface area contributed by atoms with E-state index < -0.39 is 0 Å². The molecule has 1 amide bonds. The van der Waals surface area contributed by atoms with Crippen molar-refractivity contribution in [1.82, 2.24) is 14.9 Å². The zero-order valence-corrected chi connectivity index (χ0v) is 14.0. The number of fused-ring (bicyclic) bond motifs is 1. The Morgan fingerprint density at radius 1 is 1.35 bits per heavy atom. The Labute approximate surface area is 139 Å². The summed E-state index contributed by atoms with van der Waals surface area (Å²) < 4.78 is 0. The summed E-state index contributed by atoms with van der Waals surface area (Å²) in [6.45, 7) is 3.58. The second kappa shape index (κ2) is 5.92. The summed E-state index contributed by atoms with van der Waals surface area (Å²) in [7, 11) is 0. The first-order chi connectivity index (χ1) is 11.2. The quantitative estimate of drug-likeness (QED) is 0.941. The molecule has 2 aliphatic rings. The normalized spacial score (nSPS) is 19.9. The molecular formula is C17H20N4OS. The lowest BCUT2D eigenvalue weighted by molar-refractivity contribution is 0.0796. The molecule has 0 aromatic carbocycles. The van der Waals surface area contributed by atoms with Crippen LogP contribution >= 0.6 is 11.3 Å². The Bertz CT molecular complexity index is 742. The van der Waals surface area contributed by atoms with E-state index in [2.05, 4.69) is 15.3 Å². The van der Waals surface area contributed by atoms with Gasteiger partial charge in [-0.3, -0.25) is 4.79 Å². The third-order valence-electron chi connectivity index (χ3n) is 4.64. The number of hydrogen-bond acceptors (Lipinski definition) is 5. The highest BCUT2D eigenvalue weighted by Crippen LogP contribution is 2.27. The van der Waals surface area contributed by atoms with E-state index in [1.807, 2.05) is 24.0 Å². The van der Waals surface area contributed by atoms with Crippen LogP contribution in [0.4, 0.5) is 5.82 Å². The summed E-state index contributed by atoms with van der Waals surface area (Å²) in [5.74, 6) is 1.12. The molecule has 0 radical (unpaired) electrons. The molecule has 0 saturated carbocycles. The van der Waals surface area contributed by atoms with Crippen LogP contribution in [0.3, 0.4) is 0 Å². The van der Waals surface area contributed by atoms with Crippen molar-refractivity contribution in [1.29, 1.82) is 0 Å². The molecule has 0 bridgehead atoms. The van der Waals surface area contributed by atoms with Crippen molar-refractivity contribution in [2.75, 3.05) is 18.4 Å². The van der Waals surface area contributed by atoms with Crippen molar-refractivity contribution in [3.05, 3.63) is 39.5 Å². The van der Waals surface area contributed by atoms with Crippen LogP contribution in [-0.4, -0.2) is 39.9 Å². The van der Waals surface area contributed by atoms with Crippen LogP contribution in [0.5, 0.6) is 0 Å². The van der Waals surface area contributed by atoms with Crippen molar-refractivity contribution in [2.24, 2.45) is 0 Å². The SMILES string of the molecule is Cc1ccc(C(=O)N2CC[C@@H](Nc3ncnc4c3CCC4)C2)s1. The highest BCUT2D eigenvalue weighted by molar-refractivity contribution is 7.13. The number of aryl methyl sites for hydroxylation is 2. The average Bonchev–Trinajstić information content (AvgIpc) is 3.26. The summed E-state index contributed by atoms with van der Waals surface area (Å²) in [4.78, 5) is 25.3. The van der Waals surface area contributed by atoms with Crippen LogP contribution in [0, 0.1) is 6.92 Å². The van der Waals surface area contributed by atoms with Gasteiger partial charge in [0.1, 0.15) is 12.1 Å². The number of nitrogens with zero attached hydrogens (tertiary/aromatic N) is 3. The Morgan fingerprint density at radius 2 is 2.26 bits per heavy atom. The first kappa shape index (κ1) is 14.6. The van der Waals surface area contributed by atoms with Crippen LogP contribution in [-0.2, 0) is 12.8 Å². The second-order valence-corrected chi connectivity index (χ2v) is 7.58. The Balaban J connectivity index is 1.43. The molecule has 2 aromatic heterocycles. The number of rotatable bonds is 3. The standard InChI is InChI=1S/C17H20N4OS/c1-11-5-6-15(23-11)17(22)21-8-7-12(9-21)20-16-13-3-2-4-14(13)18-10-19-16/h5-6,10,12H,2-4,7-9H2,1H3,(H,18,19,20)/t12-/m1/s1. The number of carbonyl (C=O) groups is 1. The summed E-state index contributed by atoms with van der Waals surface area (Å²) in [5, 5.41) is 3.54. The van der Waals surface area contributed by atoms with E-state index in [1.54, 1.807) is 17.7 Å². The van der Waals surface area contributed by atoms with Gasteiger partial charge in [0, 0.05) is 35.3 Å². The molecule has 1 aliphatic heterocycles. The highest BCUT2D eigenvalue weighted by Gasteiger charge is 2.29. The molecular weight excluding hydrogens is 308 g/mol. The molecule has 0 unspecified atom stereocenters. The summed E-state index contributed by atoms with van der Waals surface area (Å²) >= 11 is 1.57. The smallest absolute Gasteiger partial charge is 0.263 e. The van der Waals surface area contributed by atoms with Crippen molar-refractivity contribution in [3.63, 3.8) is 0 Å². The average molecular weight is 328 g/mol. The fourth-order valence-corrected chi connectivity index (χ4v) is 4.28. The third-order valence-corrected chi connectivity index (χ3v) is 5.63. The monoisotopic (exact) mass is 328 g/mol. The Kier molecular flexibility index (Phi) is 3.77. The third kappa shape index (κ3) is 2.83. The minimum absolute atomic E-state index is 0.153. The van der Waals surface area contributed by atoms with E-state index in [1.165, 1.54) is 16.1 Å². The van der Waals surface area contributed by atoms with Gasteiger partial charge < -0.3 is 10.2 Å². The van der Waals surface area contributed by atoms with Gasteiger partial charge in [0.25, 0.3) is 5.91 Å². The largest absolute Gasteiger partial charge is 0.365 e. The molecule has 1 fully saturated rings. The van der Waals surface area contributed by atoms with E-state index in [4.69, 9.17) is 0 Å². The highest BCUT2D eigenvalue weighted by atomic mass is 32.1. The van der Waals surface area contributed by atoms with Crippen molar-refractivity contribution in [3.8, 4) is 0 Å². The van der Waals surface area contributed by atoms with Gasteiger partial charge in [-0.05, 0) is 44.7 Å². The lowest BCUT2D eigenvalue weighted by Gasteiger charge is -2.17. The maximum atomic E-state index is 12.5. The summed E-state index contributed by atoms with van der Waals surface area (Å²) in [5.41, 5.74) is 2.45. The maximum Gasteiger partial charge on any atom is 0.263 e. The van der Waals surface area contributed by atoms with E-state index in [9.17, 15) is 4.79 Å². The molecule has 1 atom stereocenters. The van der Waals surface area contributed by atoms with E-state index in [0.717, 1.165) is 49.5 Å². The molecule has 1 saturated heterocycles. The molecule has 2 aromatic rings. The first-order valence-electron chi connectivity index (χ1n) is 8.16. The zero-order chi connectivity index (χ0) is 15.8. The molecule has 120 valence electrons. The van der Waals surface area contributed by atoms with Gasteiger partial charge in [-0.25, -0.2) is 9.97 Å². The Hall–Kier alpha value is -1.95. The van der Waals surface area contributed by atoms with Crippen LogP contribution in [0.15, 0.2) is 18.5 Å². The molecule has 5 nitrogen and oxygen atoms in total. The fourth-order valence-electron chi connectivity index (χ4n) is 3.45. The van der Waals surface area contributed by atoms with Crippen LogP contribution in [0.25, 0.3) is 0 Å². The zero-order valence-electron chi connectivity index (χ0n) is 13.2. The number of aromatic nitrogens is 2. The summed E-state index contributed by atoms with van der Waals surface area (Å²) in [6, 6.07) is 4.22. The molecule has 3 heterocycles. The molecule has 1 N–H and O–H groups in total. The van der Waals surface area contributed by atoms with E-state index in [0.29, 0.717) is 0 Å².